The number of hydrogen-bond donors (Lipinski definition) is 0. The molecular weight excluding hydrogens is 491 g/mol. The minimum atomic E-state index is -0.285. The predicted octanol–water partition coefficient (Wildman–Crippen LogP) is 7.01. The molecule has 1 atom stereocenters. The third-order valence-electron chi connectivity index (χ3n) is 6.92. The molecule has 0 spiro atoms. The summed E-state index contributed by atoms with van der Waals surface area (Å²) in [4.78, 5) is 17.7. The minimum absolute atomic E-state index is 0.138. The summed E-state index contributed by atoms with van der Waals surface area (Å²) < 4.78 is 6.32. The van der Waals surface area contributed by atoms with Gasteiger partial charge in [0, 0.05) is 48.6 Å². The number of aryl methyl sites for hydroxylation is 1. The Hall–Kier alpha value is -2.53. The molecule has 3 aromatic rings. The van der Waals surface area contributed by atoms with Crippen LogP contribution in [-0.4, -0.2) is 42.5 Å². The molecule has 1 aliphatic rings. The van der Waals surface area contributed by atoms with Crippen LogP contribution < -0.4 is 4.74 Å². The monoisotopic (exact) mass is 524 g/mol. The number of amides is 1. The number of piperidine rings is 1. The van der Waals surface area contributed by atoms with Gasteiger partial charge in [-0.05, 0) is 73.3 Å². The first-order chi connectivity index (χ1) is 17.3. The van der Waals surface area contributed by atoms with E-state index < -0.39 is 0 Å². The van der Waals surface area contributed by atoms with E-state index in [9.17, 15) is 4.79 Å². The van der Waals surface area contributed by atoms with Crippen LogP contribution in [0.1, 0.15) is 36.0 Å². The van der Waals surface area contributed by atoms with Crippen molar-refractivity contribution >= 4 is 29.1 Å². The van der Waals surface area contributed by atoms with E-state index in [1.807, 2.05) is 73.5 Å². The fourth-order valence-electron chi connectivity index (χ4n) is 5.00. The molecule has 0 aromatic heterocycles. The van der Waals surface area contributed by atoms with E-state index in [2.05, 4.69) is 23.1 Å². The van der Waals surface area contributed by atoms with Gasteiger partial charge in [0.05, 0.1) is 6.61 Å². The third-order valence-corrected chi connectivity index (χ3v) is 7.58. The topological polar surface area (TPSA) is 32.8 Å². The molecule has 1 amide bonds. The van der Waals surface area contributed by atoms with E-state index in [0.29, 0.717) is 19.6 Å². The highest BCUT2D eigenvalue weighted by Crippen LogP contribution is 2.36. The molecule has 6 heteroatoms. The lowest BCUT2D eigenvalue weighted by Crippen LogP contribution is -2.48. The van der Waals surface area contributed by atoms with Crippen molar-refractivity contribution < 1.29 is 9.53 Å². The lowest BCUT2D eigenvalue weighted by Gasteiger charge is -2.43. The highest BCUT2D eigenvalue weighted by atomic mass is 35.5. The number of hydrogen-bond acceptors (Lipinski definition) is 3. The van der Waals surface area contributed by atoms with Gasteiger partial charge in [-0.15, -0.1) is 0 Å². The number of rotatable bonds is 9. The number of carbonyl (C=O) groups is 1. The van der Waals surface area contributed by atoms with Gasteiger partial charge in [0.25, 0.3) is 0 Å². The zero-order valence-corrected chi connectivity index (χ0v) is 22.6. The molecule has 0 unspecified atom stereocenters. The minimum Gasteiger partial charge on any atom is -0.493 e. The van der Waals surface area contributed by atoms with Crippen molar-refractivity contribution in [1.29, 1.82) is 0 Å². The maximum absolute atomic E-state index is 13.5. The van der Waals surface area contributed by atoms with Crippen LogP contribution in [0.25, 0.3) is 0 Å². The van der Waals surface area contributed by atoms with Gasteiger partial charge in [-0.3, -0.25) is 9.69 Å². The van der Waals surface area contributed by atoms with E-state index in [1.54, 1.807) is 0 Å². The smallest absolute Gasteiger partial charge is 0.223 e. The normalized spacial score (nSPS) is 18.1. The molecule has 36 heavy (non-hydrogen) atoms. The molecule has 4 nitrogen and oxygen atoms in total. The summed E-state index contributed by atoms with van der Waals surface area (Å²) in [6.45, 7) is 5.63. The molecule has 1 aliphatic heterocycles. The Balaban J connectivity index is 1.50. The second kappa shape index (κ2) is 12.1. The molecule has 3 aromatic carbocycles. The zero-order chi connectivity index (χ0) is 25.5. The summed E-state index contributed by atoms with van der Waals surface area (Å²) in [6.07, 6.45) is 2.39. The van der Waals surface area contributed by atoms with E-state index in [-0.39, 0.29) is 11.3 Å². The Kier molecular flexibility index (Phi) is 8.95. The van der Waals surface area contributed by atoms with Crippen LogP contribution in [0, 0.1) is 12.3 Å². The zero-order valence-electron chi connectivity index (χ0n) is 21.1. The first kappa shape index (κ1) is 26.5. The predicted molar refractivity (Wildman–Crippen MR) is 148 cm³/mol. The van der Waals surface area contributed by atoms with Crippen LogP contribution in [0.3, 0.4) is 0 Å². The van der Waals surface area contributed by atoms with Crippen LogP contribution in [-0.2, 0) is 17.9 Å². The lowest BCUT2D eigenvalue weighted by atomic mass is 9.77. The number of carbonyl (C=O) groups excluding carboxylic acids is 1. The van der Waals surface area contributed by atoms with Crippen LogP contribution in [0.5, 0.6) is 5.75 Å². The highest BCUT2D eigenvalue weighted by Gasteiger charge is 2.39. The van der Waals surface area contributed by atoms with Gasteiger partial charge in [-0.25, -0.2) is 0 Å². The fraction of sp³-hybridized carbons (Fsp3) is 0.367. The summed E-state index contributed by atoms with van der Waals surface area (Å²) in [5.74, 6) is 0.924. The molecule has 1 heterocycles. The number of halogens is 2. The first-order valence-corrected chi connectivity index (χ1v) is 13.2. The Bertz CT molecular complexity index is 1170. The standard InChI is InChI=1S/C30H34Cl2N2O2/c1-23-16-27(12-13-28(23)32)36-22-30(18-29(35)33(2)19-24-8-4-3-5-9-24)14-7-15-34(21-30)20-25-10-6-11-26(31)17-25/h3-6,8-13,16-17H,7,14-15,18-22H2,1-2H3/t30-/m1/s1. The highest BCUT2D eigenvalue weighted by molar-refractivity contribution is 6.31. The SMILES string of the molecule is Cc1cc(OC[C@@]2(CC(=O)N(C)Cc3ccccc3)CCCN(Cc3cccc(Cl)c3)C2)ccc1Cl. The molecule has 1 saturated heterocycles. The fourth-order valence-corrected chi connectivity index (χ4v) is 5.33. The maximum atomic E-state index is 13.5. The summed E-state index contributed by atoms with van der Waals surface area (Å²) in [6, 6.07) is 23.9. The average Bonchev–Trinajstić information content (AvgIpc) is 2.85. The van der Waals surface area contributed by atoms with Crippen molar-refractivity contribution in [2.75, 3.05) is 26.7 Å². The van der Waals surface area contributed by atoms with Gasteiger partial charge in [-0.1, -0.05) is 65.7 Å². The maximum Gasteiger partial charge on any atom is 0.223 e. The molecule has 0 saturated carbocycles. The Morgan fingerprint density at radius 2 is 1.81 bits per heavy atom. The molecule has 4 rings (SSSR count). The van der Waals surface area contributed by atoms with E-state index >= 15 is 0 Å². The molecule has 0 N–H and O–H groups in total. The number of benzene rings is 3. The Morgan fingerprint density at radius 1 is 1.03 bits per heavy atom. The second-order valence-corrected chi connectivity index (χ2v) is 10.9. The van der Waals surface area contributed by atoms with Gasteiger partial charge in [-0.2, -0.15) is 0 Å². The Morgan fingerprint density at radius 3 is 2.56 bits per heavy atom. The quantitative estimate of drug-likeness (QED) is 0.301. The van der Waals surface area contributed by atoms with Gasteiger partial charge in [0.15, 0.2) is 0 Å². The molecule has 0 bridgehead atoms. The van der Waals surface area contributed by atoms with E-state index in [1.165, 1.54) is 5.56 Å². The second-order valence-electron chi connectivity index (χ2n) is 10.1. The van der Waals surface area contributed by atoms with Gasteiger partial charge >= 0.3 is 0 Å². The lowest BCUT2D eigenvalue weighted by molar-refractivity contribution is -0.135. The summed E-state index contributed by atoms with van der Waals surface area (Å²) in [5, 5.41) is 1.47. The third kappa shape index (κ3) is 7.25. The number of nitrogens with zero attached hydrogens (tertiary/aromatic N) is 2. The summed E-state index contributed by atoms with van der Waals surface area (Å²) in [5.41, 5.74) is 3.00. The van der Waals surface area contributed by atoms with Gasteiger partial charge in [0.1, 0.15) is 5.75 Å². The molecular formula is C30H34Cl2N2O2. The Labute approximate surface area is 224 Å². The number of likely N-dealkylation sites (tertiary alicyclic amines) is 1. The van der Waals surface area contributed by atoms with Crippen molar-refractivity contribution in [3.63, 3.8) is 0 Å². The summed E-state index contributed by atoms with van der Waals surface area (Å²) >= 11 is 12.4. The van der Waals surface area contributed by atoms with Crippen LogP contribution in [0.4, 0.5) is 0 Å². The van der Waals surface area contributed by atoms with Crippen molar-refractivity contribution in [2.24, 2.45) is 5.41 Å². The van der Waals surface area contributed by atoms with E-state index in [4.69, 9.17) is 27.9 Å². The number of ether oxygens (including phenoxy) is 1. The molecule has 0 aliphatic carbocycles. The van der Waals surface area contributed by atoms with Gasteiger partial charge in [0.2, 0.25) is 5.91 Å². The van der Waals surface area contributed by atoms with Gasteiger partial charge < -0.3 is 9.64 Å². The summed E-state index contributed by atoms with van der Waals surface area (Å²) in [7, 11) is 1.89. The van der Waals surface area contributed by atoms with Crippen LogP contribution >= 0.6 is 23.2 Å². The molecule has 1 fully saturated rings. The first-order valence-electron chi connectivity index (χ1n) is 12.5. The van der Waals surface area contributed by atoms with Crippen LogP contribution in [0.2, 0.25) is 10.0 Å². The van der Waals surface area contributed by atoms with Crippen molar-refractivity contribution in [3.8, 4) is 5.75 Å². The van der Waals surface area contributed by atoms with Crippen molar-refractivity contribution in [3.05, 3.63) is 99.5 Å². The van der Waals surface area contributed by atoms with Crippen molar-refractivity contribution in [1.82, 2.24) is 9.80 Å². The largest absolute Gasteiger partial charge is 0.493 e. The molecule has 190 valence electrons. The van der Waals surface area contributed by atoms with Crippen molar-refractivity contribution in [2.45, 2.75) is 39.3 Å². The van der Waals surface area contributed by atoms with E-state index in [0.717, 1.165) is 59.4 Å². The average molecular weight is 526 g/mol. The van der Waals surface area contributed by atoms with Crippen LogP contribution in [0.15, 0.2) is 72.8 Å². The molecule has 0 radical (unpaired) electrons.